The van der Waals surface area contributed by atoms with Gasteiger partial charge in [-0.1, -0.05) is 6.92 Å². The average Bonchev–Trinajstić information content (AvgIpc) is 3.26. The number of urea groups is 1. The first-order valence-corrected chi connectivity index (χ1v) is 8.89. The number of carbonyl (C=O) groups excluding carboxylic acids is 2. The monoisotopic (exact) mass is 351 g/mol. The standard InChI is InChI=1S/C18H29N3O4/c1-4-9-20(18(23)19(2)3)14-17(22)21(12-15-7-5-10-24-15)13-16-8-6-11-25-16/h5,7,10,16H,4,6,8-9,11-14H2,1-3H3. The van der Waals surface area contributed by atoms with Gasteiger partial charge in [-0.3, -0.25) is 4.79 Å². The lowest BCUT2D eigenvalue weighted by molar-refractivity contribution is -0.134. The summed E-state index contributed by atoms with van der Waals surface area (Å²) >= 11 is 0. The fourth-order valence-electron chi connectivity index (χ4n) is 2.94. The molecule has 1 fully saturated rings. The summed E-state index contributed by atoms with van der Waals surface area (Å²) in [4.78, 5) is 30.0. The summed E-state index contributed by atoms with van der Waals surface area (Å²) in [5.41, 5.74) is 0. The summed E-state index contributed by atoms with van der Waals surface area (Å²) in [7, 11) is 3.39. The van der Waals surface area contributed by atoms with Gasteiger partial charge in [0, 0.05) is 33.8 Å². The Bertz CT molecular complexity index is 539. The highest BCUT2D eigenvalue weighted by molar-refractivity contribution is 5.84. The molecule has 7 heteroatoms. The number of carbonyl (C=O) groups is 2. The topological polar surface area (TPSA) is 66.2 Å². The van der Waals surface area contributed by atoms with Crippen LogP contribution in [0.4, 0.5) is 4.79 Å². The van der Waals surface area contributed by atoms with Gasteiger partial charge < -0.3 is 23.9 Å². The van der Waals surface area contributed by atoms with Crippen molar-refractivity contribution in [1.29, 1.82) is 0 Å². The van der Waals surface area contributed by atoms with E-state index < -0.39 is 0 Å². The first-order chi connectivity index (χ1) is 12.0. The predicted molar refractivity (Wildman–Crippen MR) is 94.0 cm³/mol. The van der Waals surface area contributed by atoms with E-state index in [4.69, 9.17) is 9.15 Å². The molecule has 25 heavy (non-hydrogen) atoms. The molecular formula is C18H29N3O4. The fourth-order valence-corrected chi connectivity index (χ4v) is 2.94. The fraction of sp³-hybridized carbons (Fsp3) is 0.667. The minimum absolute atomic E-state index is 0.0584. The number of hydrogen-bond acceptors (Lipinski definition) is 4. The van der Waals surface area contributed by atoms with Crippen molar-refractivity contribution in [3.8, 4) is 0 Å². The van der Waals surface area contributed by atoms with Gasteiger partial charge in [-0.2, -0.15) is 0 Å². The third-order valence-corrected chi connectivity index (χ3v) is 4.20. The number of rotatable bonds is 8. The Kier molecular flexibility index (Phi) is 7.31. The molecule has 2 heterocycles. The van der Waals surface area contributed by atoms with Crippen molar-refractivity contribution in [3.63, 3.8) is 0 Å². The zero-order valence-electron chi connectivity index (χ0n) is 15.4. The molecule has 2 rings (SSSR count). The number of ether oxygens (including phenoxy) is 1. The molecule has 1 unspecified atom stereocenters. The highest BCUT2D eigenvalue weighted by Crippen LogP contribution is 2.16. The molecule has 0 radical (unpaired) electrons. The van der Waals surface area contributed by atoms with Gasteiger partial charge in [0.2, 0.25) is 5.91 Å². The van der Waals surface area contributed by atoms with E-state index in [2.05, 4.69) is 0 Å². The van der Waals surface area contributed by atoms with Crippen LogP contribution in [0.15, 0.2) is 22.8 Å². The average molecular weight is 351 g/mol. The maximum absolute atomic E-state index is 12.9. The lowest BCUT2D eigenvalue weighted by atomic mass is 10.2. The molecule has 0 saturated carbocycles. The molecule has 7 nitrogen and oxygen atoms in total. The number of amides is 3. The minimum atomic E-state index is -0.148. The second-order valence-electron chi connectivity index (χ2n) is 6.59. The third-order valence-electron chi connectivity index (χ3n) is 4.20. The molecule has 1 aromatic heterocycles. The zero-order chi connectivity index (χ0) is 18.2. The van der Waals surface area contributed by atoms with E-state index >= 15 is 0 Å². The van der Waals surface area contributed by atoms with Gasteiger partial charge in [0.25, 0.3) is 0 Å². The number of nitrogens with zero attached hydrogens (tertiary/aromatic N) is 3. The van der Waals surface area contributed by atoms with Crippen LogP contribution in [0.2, 0.25) is 0 Å². The second-order valence-corrected chi connectivity index (χ2v) is 6.59. The van der Waals surface area contributed by atoms with Crippen LogP contribution in [0.1, 0.15) is 31.9 Å². The van der Waals surface area contributed by atoms with Crippen LogP contribution in [0, 0.1) is 0 Å². The lowest BCUT2D eigenvalue weighted by Crippen LogP contribution is -2.47. The largest absolute Gasteiger partial charge is 0.467 e. The quantitative estimate of drug-likeness (QED) is 0.720. The zero-order valence-corrected chi connectivity index (χ0v) is 15.4. The van der Waals surface area contributed by atoms with E-state index in [1.165, 1.54) is 4.90 Å². The van der Waals surface area contributed by atoms with E-state index in [1.54, 1.807) is 30.2 Å². The normalized spacial score (nSPS) is 16.7. The Balaban J connectivity index is 2.04. The van der Waals surface area contributed by atoms with Crippen LogP contribution in [0.3, 0.4) is 0 Å². The molecule has 1 saturated heterocycles. The molecule has 0 bridgehead atoms. The Hall–Kier alpha value is -2.02. The maximum Gasteiger partial charge on any atom is 0.319 e. The Morgan fingerprint density at radius 2 is 2.08 bits per heavy atom. The molecule has 0 aliphatic carbocycles. The summed E-state index contributed by atoms with van der Waals surface area (Å²) in [5, 5.41) is 0. The van der Waals surface area contributed by atoms with Gasteiger partial charge in [0.05, 0.1) is 18.9 Å². The Morgan fingerprint density at radius 1 is 1.28 bits per heavy atom. The van der Waals surface area contributed by atoms with Crippen LogP contribution in [-0.2, 0) is 16.1 Å². The maximum atomic E-state index is 12.9. The summed E-state index contributed by atoms with van der Waals surface area (Å²) in [6.45, 7) is 4.27. The van der Waals surface area contributed by atoms with Gasteiger partial charge in [0.1, 0.15) is 12.3 Å². The van der Waals surface area contributed by atoms with E-state index in [0.717, 1.165) is 31.6 Å². The van der Waals surface area contributed by atoms with E-state index in [-0.39, 0.29) is 24.6 Å². The molecule has 3 amide bonds. The SMILES string of the molecule is CCCN(CC(=O)N(Cc1ccco1)CC1CCCO1)C(=O)N(C)C. The van der Waals surface area contributed by atoms with E-state index in [1.807, 2.05) is 19.1 Å². The molecule has 140 valence electrons. The van der Waals surface area contributed by atoms with Gasteiger partial charge in [-0.15, -0.1) is 0 Å². The first-order valence-electron chi connectivity index (χ1n) is 8.89. The van der Waals surface area contributed by atoms with Gasteiger partial charge in [-0.25, -0.2) is 4.79 Å². The van der Waals surface area contributed by atoms with Crippen molar-refractivity contribution in [3.05, 3.63) is 24.2 Å². The molecular weight excluding hydrogens is 322 g/mol. The van der Waals surface area contributed by atoms with Crippen LogP contribution in [0.5, 0.6) is 0 Å². The molecule has 1 aliphatic heterocycles. The van der Waals surface area contributed by atoms with Crippen LogP contribution < -0.4 is 0 Å². The number of hydrogen-bond donors (Lipinski definition) is 0. The van der Waals surface area contributed by atoms with E-state index in [9.17, 15) is 9.59 Å². The highest BCUT2D eigenvalue weighted by Gasteiger charge is 2.26. The molecule has 0 N–H and O–H groups in total. The van der Waals surface area contributed by atoms with Gasteiger partial charge in [-0.05, 0) is 31.4 Å². The van der Waals surface area contributed by atoms with Crippen molar-refractivity contribution in [2.24, 2.45) is 0 Å². The molecule has 0 spiro atoms. The second kappa shape index (κ2) is 9.46. The van der Waals surface area contributed by atoms with E-state index in [0.29, 0.717) is 19.6 Å². The summed E-state index contributed by atoms with van der Waals surface area (Å²) in [6, 6.07) is 3.51. The van der Waals surface area contributed by atoms with Crippen molar-refractivity contribution >= 4 is 11.9 Å². The van der Waals surface area contributed by atoms with Crippen LogP contribution in [0.25, 0.3) is 0 Å². The van der Waals surface area contributed by atoms with Crippen molar-refractivity contribution < 1.29 is 18.7 Å². The Labute approximate surface area is 149 Å². The summed E-state index contributed by atoms with van der Waals surface area (Å²) < 4.78 is 11.1. The number of furan rings is 1. The summed E-state index contributed by atoms with van der Waals surface area (Å²) in [5.74, 6) is 0.642. The van der Waals surface area contributed by atoms with Crippen molar-refractivity contribution in [2.75, 3.05) is 40.3 Å². The smallest absolute Gasteiger partial charge is 0.319 e. The lowest BCUT2D eigenvalue weighted by Gasteiger charge is -2.30. The van der Waals surface area contributed by atoms with Crippen LogP contribution in [-0.4, -0.2) is 73.1 Å². The molecule has 1 atom stereocenters. The third kappa shape index (κ3) is 5.77. The molecule has 1 aromatic rings. The first kappa shape index (κ1) is 19.3. The predicted octanol–water partition coefficient (Wildman–Crippen LogP) is 2.18. The van der Waals surface area contributed by atoms with Gasteiger partial charge >= 0.3 is 6.03 Å². The minimum Gasteiger partial charge on any atom is -0.467 e. The van der Waals surface area contributed by atoms with Crippen molar-refractivity contribution in [2.45, 2.75) is 38.8 Å². The van der Waals surface area contributed by atoms with Crippen molar-refractivity contribution in [1.82, 2.24) is 14.7 Å². The van der Waals surface area contributed by atoms with Gasteiger partial charge in [0.15, 0.2) is 0 Å². The Morgan fingerprint density at radius 3 is 2.64 bits per heavy atom. The highest BCUT2D eigenvalue weighted by atomic mass is 16.5. The summed E-state index contributed by atoms with van der Waals surface area (Å²) in [6.07, 6.45) is 4.44. The van der Waals surface area contributed by atoms with Crippen LogP contribution >= 0.6 is 0 Å². The molecule has 0 aromatic carbocycles. The molecule has 1 aliphatic rings.